The Morgan fingerprint density at radius 3 is 2.89 bits per heavy atom. The third-order valence-electron chi connectivity index (χ3n) is 2.83. The topological polar surface area (TPSA) is 63.1 Å². The first-order valence-electron chi connectivity index (χ1n) is 6.26. The van der Waals surface area contributed by atoms with Gasteiger partial charge in [0.05, 0.1) is 0 Å². The van der Waals surface area contributed by atoms with Crippen LogP contribution in [0.2, 0.25) is 5.15 Å². The van der Waals surface area contributed by atoms with E-state index in [-0.39, 0.29) is 6.42 Å². The molecule has 0 aromatic carbocycles. The van der Waals surface area contributed by atoms with Gasteiger partial charge in [-0.05, 0) is 25.3 Å². The van der Waals surface area contributed by atoms with Crippen molar-refractivity contribution in [3.05, 3.63) is 21.9 Å². The highest BCUT2D eigenvalue weighted by Gasteiger charge is 2.09. The van der Waals surface area contributed by atoms with E-state index in [0.717, 1.165) is 23.1 Å². The molecule has 2 aromatic heterocycles. The minimum absolute atomic E-state index is 0.189. The van der Waals surface area contributed by atoms with Crippen molar-refractivity contribution < 1.29 is 9.90 Å². The second kappa shape index (κ2) is 6.30. The molecule has 6 heteroatoms. The predicted molar refractivity (Wildman–Crippen MR) is 77.0 cm³/mol. The maximum atomic E-state index is 10.4. The van der Waals surface area contributed by atoms with E-state index in [1.54, 1.807) is 11.3 Å². The van der Waals surface area contributed by atoms with Gasteiger partial charge in [-0.1, -0.05) is 18.5 Å². The molecule has 2 heterocycles. The van der Waals surface area contributed by atoms with Gasteiger partial charge in [0, 0.05) is 23.1 Å². The Hall–Kier alpha value is -1.20. The van der Waals surface area contributed by atoms with Crippen LogP contribution in [0.4, 0.5) is 0 Å². The van der Waals surface area contributed by atoms with Crippen molar-refractivity contribution in [1.82, 2.24) is 9.97 Å². The van der Waals surface area contributed by atoms with Crippen LogP contribution in [0.5, 0.6) is 0 Å². The number of halogens is 1. The molecule has 0 saturated carbocycles. The van der Waals surface area contributed by atoms with Gasteiger partial charge in [-0.15, -0.1) is 11.3 Å². The van der Waals surface area contributed by atoms with Crippen LogP contribution in [-0.4, -0.2) is 21.0 Å². The number of carboxylic acid groups (broad SMARTS) is 1. The van der Waals surface area contributed by atoms with Crippen LogP contribution in [0, 0.1) is 0 Å². The maximum Gasteiger partial charge on any atom is 0.303 e. The zero-order valence-corrected chi connectivity index (χ0v) is 12.2. The number of nitrogens with zero attached hydrogens (tertiary/aromatic N) is 2. The molecular weight excluding hydrogens is 284 g/mol. The van der Waals surface area contributed by atoms with E-state index < -0.39 is 5.97 Å². The molecule has 4 nitrogen and oxygen atoms in total. The lowest BCUT2D eigenvalue weighted by atomic mass is 10.2. The number of hydrogen-bond donors (Lipinski definition) is 1. The summed E-state index contributed by atoms with van der Waals surface area (Å²) >= 11 is 7.80. The van der Waals surface area contributed by atoms with Crippen LogP contribution in [0.15, 0.2) is 6.07 Å². The molecule has 2 aromatic rings. The average molecular weight is 299 g/mol. The average Bonchev–Trinajstić information content (AvgIpc) is 2.78. The molecule has 0 aliphatic heterocycles. The highest BCUT2D eigenvalue weighted by Crippen LogP contribution is 2.29. The Kier molecular flexibility index (Phi) is 4.71. The highest BCUT2D eigenvalue weighted by molar-refractivity contribution is 7.18. The van der Waals surface area contributed by atoms with Gasteiger partial charge in [0.15, 0.2) is 0 Å². The number of carbonyl (C=O) groups is 1. The van der Waals surface area contributed by atoms with E-state index in [0.29, 0.717) is 23.8 Å². The quantitative estimate of drug-likeness (QED) is 0.652. The molecular formula is C13H15ClN2O2S. The summed E-state index contributed by atoms with van der Waals surface area (Å²) in [5.74, 6) is -0.0624. The van der Waals surface area contributed by atoms with Crippen molar-refractivity contribution in [2.75, 3.05) is 0 Å². The third kappa shape index (κ3) is 3.64. The molecule has 0 aliphatic carbocycles. The van der Waals surface area contributed by atoms with Crippen molar-refractivity contribution in [3.63, 3.8) is 0 Å². The number of unbranched alkanes of at least 4 members (excludes halogenated alkanes) is 1. The molecule has 0 atom stereocenters. The van der Waals surface area contributed by atoms with Gasteiger partial charge in [-0.25, -0.2) is 9.97 Å². The van der Waals surface area contributed by atoms with E-state index in [1.165, 1.54) is 4.88 Å². The molecule has 19 heavy (non-hydrogen) atoms. The standard InChI is InChI=1S/C13H15ClN2O2S/c1-2-8-7-9-12(14)15-10(16-13(9)19-8)5-3-4-6-11(17)18/h7H,2-6H2,1H3,(H,17,18). The van der Waals surface area contributed by atoms with Crippen LogP contribution in [0.25, 0.3) is 10.2 Å². The van der Waals surface area contributed by atoms with Gasteiger partial charge in [0.25, 0.3) is 0 Å². The van der Waals surface area contributed by atoms with Crippen molar-refractivity contribution in [2.45, 2.75) is 39.0 Å². The number of aromatic nitrogens is 2. The van der Waals surface area contributed by atoms with Crippen LogP contribution < -0.4 is 0 Å². The lowest BCUT2D eigenvalue weighted by molar-refractivity contribution is -0.137. The van der Waals surface area contributed by atoms with Crippen LogP contribution in [0.1, 0.15) is 36.9 Å². The van der Waals surface area contributed by atoms with Gasteiger partial charge in [0.2, 0.25) is 0 Å². The zero-order valence-electron chi connectivity index (χ0n) is 10.6. The van der Waals surface area contributed by atoms with Crippen molar-refractivity contribution >= 4 is 39.1 Å². The molecule has 0 amide bonds. The Bertz CT molecular complexity index is 598. The van der Waals surface area contributed by atoms with Gasteiger partial charge >= 0.3 is 5.97 Å². The number of hydrogen-bond acceptors (Lipinski definition) is 4. The summed E-state index contributed by atoms with van der Waals surface area (Å²) in [6, 6.07) is 2.04. The largest absolute Gasteiger partial charge is 0.481 e. The van der Waals surface area contributed by atoms with Crippen molar-refractivity contribution in [2.24, 2.45) is 0 Å². The molecule has 0 aliphatic rings. The Labute approximate surface area is 120 Å². The van der Waals surface area contributed by atoms with E-state index >= 15 is 0 Å². The molecule has 102 valence electrons. The van der Waals surface area contributed by atoms with Crippen molar-refractivity contribution in [3.8, 4) is 0 Å². The summed E-state index contributed by atoms with van der Waals surface area (Å²) in [6.07, 6.45) is 3.22. The SMILES string of the molecule is CCc1cc2c(Cl)nc(CCCCC(=O)O)nc2s1. The monoisotopic (exact) mass is 298 g/mol. The fourth-order valence-electron chi connectivity index (χ4n) is 1.82. The smallest absolute Gasteiger partial charge is 0.303 e. The molecule has 0 radical (unpaired) electrons. The number of thiophene rings is 1. The molecule has 1 N–H and O–H groups in total. The summed E-state index contributed by atoms with van der Waals surface area (Å²) < 4.78 is 0. The van der Waals surface area contributed by atoms with Crippen LogP contribution >= 0.6 is 22.9 Å². The Morgan fingerprint density at radius 2 is 2.21 bits per heavy atom. The predicted octanol–water partition coefficient (Wildman–Crippen LogP) is 3.70. The maximum absolute atomic E-state index is 10.4. The minimum Gasteiger partial charge on any atom is -0.481 e. The zero-order chi connectivity index (χ0) is 13.8. The number of aryl methyl sites for hydroxylation is 2. The molecule has 0 saturated heterocycles. The number of carboxylic acids is 1. The second-order valence-electron chi connectivity index (χ2n) is 4.32. The second-order valence-corrected chi connectivity index (χ2v) is 5.79. The minimum atomic E-state index is -0.764. The number of aliphatic carboxylic acids is 1. The Balaban J connectivity index is 2.09. The molecule has 0 unspecified atom stereocenters. The fraction of sp³-hybridized carbons (Fsp3) is 0.462. The first-order chi connectivity index (χ1) is 9.10. The van der Waals surface area contributed by atoms with Gasteiger partial charge in [-0.3, -0.25) is 4.79 Å². The highest BCUT2D eigenvalue weighted by atomic mass is 35.5. The number of rotatable bonds is 6. The van der Waals surface area contributed by atoms with Crippen LogP contribution in [-0.2, 0) is 17.6 Å². The Morgan fingerprint density at radius 1 is 1.42 bits per heavy atom. The van der Waals surface area contributed by atoms with Crippen LogP contribution in [0.3, 0.4) is 0 Å². The van der Waals surface area contributed by atoms with Gasteiger partial charge in [-0.2, -0.15) is 0 Å². The molecule has 0 bridgehead atoms. The molecule has 0 fully saturated rings. The van der Waals surface area contributed by atoms with Gasteiger partial charge < -0.3 is 5.11 Å². The molecule has 0 spiro atoms. The van der Waals surface area contributed by atoms with Gasteiger partial charge in [0.1, 0.15) is 15.8 Å². The summed E-state index contributed by atoms with van der Waals surface area (Å²) in [6.45, 7) is 2.10. The fourth-order valence-corrected chi connectivity index (χ4v) is 3.11. The number of fused-ring (bicyclic) bond motifs is 1. The normalized spacial score (nSPS) is 11.1. The third-order valence-corrected chi connectivity index (χ3v) is 4.29. The lowest BCUT2D eigenvalue weighted by Crippen LogP contribution is -1.98. The van der Waals surface area contributed by atoms with Crippen molar-refractivity contribution in [1.29, 1.82) is 0 Å². The van der Waals surface area contributed by atoms with E-state index in [4.69, 9.17) is 16.7 Å². The summed E-state index contributed by atoms with van der Waals surface area (Å²) in [7, 11) is 0. The summed E-state index contributed by atoms with van der Waals surface area (Å²) in [4.78, 5) is 21.4. The molecule has 2 rings (SSSR count). The summed E-state index contributed by atoms with van der Waals surface area (Å²) in [5.41, 5.74) is 0. The first kappa shape index (κ1) is 14.2. The summed E-state index contributed by atoms with van der Waals surface area (Å²) in [5, 5.41) is 9.98. The lowest BCUT2D eigenvalue weighted by Gasteiger charge is -2.00. The first-order valence-corrected chi connectivity index (χ1v) is 7.46. The van der Waals surface area contributed by atoms with E-state index in [9.17, 15) is 4.79 Å². The van der Waals surface area contributed by atoms with E-state index in [1.807, 2.05) is 6.07 Å². The van der Waals surface area contributed by atoms with E-state index in [2.05, 4.69) is 16.9 Å².